The van der Waals surface area contributed by atoms with Gasteiger partial charge in [0.05, 0.1) is 34.9 Å². The Morgan fingerprint density at radius 1 is 1.20 bits per heavy atom. The van der Waals surface area contributed by atoms with Crippen LogP contribution in [0.3, 0.4) is 0 Å². The first-order valence-electron chi connectivity index (χ1n) is 13.3. The molecule has 1 aliphatic carbocycles. The number of aryl methyl sites for hydroxylation is 1. The van der Waals surface area contributed by atoms with E-state index in [1.54, 1.807) is 25.2 Å². The van der Waals surface area contributed by atoms with E-state index in [1.807, 2.05) is 0 Å². The van der Waals surface area contributed by atoms with Crippen LogP contribution in [-0.4, -0.2) is 65.8 Å². The minimum Gasteiger partial charge on any atom is -0.480 e. The lowest BCUT2D eigenvalue weighted by Crippen LogP contribution is -2.48. The van der Waals surface area contributed by atoms with Crippen LogP contribution in [0, 0.1) is 5.92 Å². The monoisotopic (exact) mass is 594 g/mol. The van der Waals surface area contributed by atoms with E-state index < -0.39 is 34.7 Å². The van der Waals surface area contributed by atoms with Crippen molar-refractivity contribution in [3.8, 4) is 5.75 Å². The molecule has 3 atom stereocenters. The molecule has 0 spiro atoms. The predicted molar refractivity (Wildman–Crippen MR) is 152 cm³/mol. The normalized spacial score (nSPS) is 27.4. The topological polar surface area (TPSA) is 125 Å². The van der Waals surface area contributed by atoms with Gasteiger partial charge < -0.3 is 24.8 Å². The summed E-state index contributed by atoms with van der Waals surface area (Å²) in [4.78, 5) is 24.2. The van der Waals surface area contributed by atoms with Crippen molar-refractivity contribution >= 4 is 56.2 Å². The maximum absolute atomic E-state index is 15.0. The molecule has 1 aromatic carbocycles. The molecule has 0 radical (unpaired) electrons. The number of nitrogens with one attached hydrogen (secondary N) is 2. The quantitative estimate of drug-likeness (QED) is 0.328. The fourth-order valence-corrected chi connectivity index (χ4v) is 8.45. The SMILES string of the molecule is Cn1c(=O)c2c(c3cc(Nc4nc(N5C6CCC5CS(O)(O)C6)ncc4Cl)ccc31)NC(C1CC1)C(F)(F)CO2. The van der Waals surface area contributed by atoms with E-state index in [1.165, 1.54) is 10.8 Å². The van der Waals surface area contributed by atoms with Crippen molar-refractivity contribution in [3.63, 3.8) is 0 Å². The van der Waals surface area contributed by atoms with Crippen LogP contribution in [0.2, 0.25) is 5.02 Å². The van der Waals surface area contributed by atoms with Crippen molar-refractivity contribution in [3.05, 3.63) is 39.8 Å². The number of halogens is 3. The lowest BCUT2D eigenvalue weighted by atomic mass is 10.0. The van der Waals surface area contributed by atoms with E-state index in [2.05, 4.69) is 25.5 Å². The largest absolute Gasteiger partial charge is 0.480 e. The minimum atomic E-state index is -3.13. The van der Waals surface area contributed by atoms with E-state index in [4.69, 9.17) is 16.3 Å². The number of alkyl halides is 2. The number of pyridine rings is 1. The third kappa shape index (κ3) is 4.34. The van der Waals surface area contributed by atoms with Crippen LogP contribution >= 0.6 is 22.2 Å². The maximum Gasteiger partial charge on any atom is 0.301 e. The first kappa shape index (κ1) is 26.1. The maximum atomic E-state index is 15.0. The average molecular weight is 595 g/mol. The second kappa shape index (κ2) is 9.07. The Hall–Kier alpha value is -2.87. The number of benzene rings is 1. The molecule has 4 N–H and O–H groups in total. The molecule has 0 amide bonds. The molecule has 2 aromatic heterocycles. The molecule has 3 aliphatic heterocycles. The van der Waals surface area contributed by atoms with E-state index >= 15 is 0 Å². The van der Waals surface area contributed by atoms with Gasteiger partial charge >= 0.3 is 5.92 Å². The van der Waals surface area contributed by atoms with E-state index in [-0.39, 0.29) is 34.5 Å². The number of nitrogens with zero attached hydrogens (tertiary/aromatic N) is 4. The molecule has 7 rings (SSSR count). The number of hydrogen-bond acceptors (Lipinski definition) is 9. The van der Waals surface area contributed by atoms with Gasteiger partial charge in [0.15, 0.2) is 12.4 Å². The standard InChI is InChI=1S/C26H29ClF2N6O4S/c1-34-19-7-4-14(8-17(19)20-21(24(34)36)39-12-26(28,29)22(32-20)13-2-3-13)31-23-18(27)9-30-25(33-23)35-15-5-6-16(35)11-40(37,38)10-15/h4,7-9,13,15-16,22,32,37-38H,2-3,5-6,10-12H2,1H3,(H,30,31,33). The van der Waals surface area contributed by atoms with Crippen molar-refractivity contribution in [1.29, 1.82) is 0 Å². The molecule has 214 valence electrons. The zero-order chi connectivity index (χ0) is 28.0. The number of aromatic nitrogens is 3. The van der Waals surface area contributed by atoms with Crippen LogP contribution in [-0.2, 0) is 7.05 Å². The summed E-state index contributed by atoms with van der Waals surface area (Å²) in [5.74, 6) is -2.04. The van der Waals surface area contributed by atoms with Crippen LogP contribution in [0.1, 0.15) is 25.7 Å². The summed E-state index contributed by atoms with van der Waals surface area (Å²) in [6.07, 6.45) is 4.57. The zero-order valence-corrected chi connectivity index (χ0v) is 23.2. The summed E-state index contributed by atoms with van der Waals surface area (Å²) >= 11 is 6.47. The summed E-state index contributed by atoms with van der Waals surface area (Å²) in [6.45, 7) is -0.861. The zero-order valence-electron chi connectivity index (χ0n) is 21.6. The van der Waals surface area contributed by atoms with Crippen LogP contribution < -0.4 is 25.8 Å². The Morgan fingerprint density at radius 2 is 1.93 bits per heavy atom. The van der Waals surface area contributed by atoms with Gasteiger partial charge in [0.25, 0.3) is 5.56 Å². The fourth-order valence-electron chi connectivity index (χ4n) is 6.29. The molecular formula is C26H29ClF2N6O4S. The molecule has 4 aliphatic rings. The number of anilines is 4. The van der Waals surface area contributed by atoms with Crippen LogP contribution in [0.4, 0.5) is 31.9 Å². The van der Waals surface area contributed by atoms with E-state index in [0.717, 1.165) is 12.8 Å². The van der Waals surface area contributed by atoms with E-state index in [9.17, 15) is 22.7 Å². The van der Waals surface area contributed by atoms with Crippen LogP contribution in [0.25, 0.3) is 10.9 Å². The van der Waals surface area contributed by atoms with Crippen molar-refractivity contribution in [2.75, 3.05) is 33.6 Å². The second-order valence-electron chi connectivity index (χ2n) is 11.2. The smallest absolute Gasteiger partial charge is 0.301 e. The summed E-state index contributed by atoms with van der Waals surface area (Å²) < 4.78 is 57.3. The molecule has 1 saturated carbocycles. The molecule has 3 fully saturated rings. The average Bonchev–Trinajstić information content (AvgIpc) is 3.70. The van der Waals surface area contributed by atoms with Gasteiger partial charge in [-0.2, -0.15) is 15.6 Å². The molecule has 40 heavy (non-hydrogen) atoms. The van der Waals surface area contributed by atoms with Crippen molar-refractivity contribution in [2.24, 2.45) is 13.0 Å². The summed E-state index contributed by atoms with van der Waals surface area (Å²) in [6, 6.07) is 4.02. The highest BCUT2D eigenvalue weighted by atomic mass is 35.5. The lowest BCUT2D eigenvalue weighted by molar-refractivity contribution is -0.0579. The molecule has 3 unspecified atom stereocenters. The number of fused-ring (bicyclic) bond motifs is 5. The highest BCUT2D eigenvalue weighted by Gasteiger charge is 2.51. The minimum absolute atomic E-state index is 0.0567. The molecule has 14 heteroatoms. The van der Waals surface area contributed by atoms with Crippen LogP contribution in [0.5, 0.6) is 5.75 Å². The summed E-state index contributed by atoms with van der Waals surface area (Å²) in [5.41, 5.74) is 0.911. The molecule has 2 saturated heterocycles. The van der Waals surface area contributed by atoms with Gasteiger partial charge in [-0.25, -0.2) is 13.8 Å². The van der Waals surface area contributed by atoms with Gasteiger partial charge in [-0.1, -0.05) is 11.6 Å². The second-order valence-corrected chi connectivity index (χ2v) is 13.9. The van der Waals surface area contributed by atoms with Gasteiger partial charge in [-0.15, -0.1) is 0 Å². The van der Waals surface area contributed by atoms with Gasteiger partial charge in [-0.05, 0) is 49.8 Å². The van der Waals surface area contributed by atoms with Gasteiger partial charge in [-0.3, -0.25) is 13.9 Å². The third-order valence-electron chi connectivity index (χ3n) is 8.37. The highest BCUT2D eigenvalue weighted by Crippen LogP contribution is 2.51. The predicted octanol–water partition coefficient (Wildman–Crippen LogP) is 5.05. The lowest BCUT2D eigenvalue weighted by Gasteiger charge is -2.46. The first-order valence-corrected chi connectivity index (χ1v) is 15.5. The highest BCUT2D eigenvalue weighted by molar-refractivity contribution is 8.24. The van der Waals surface area contributed by atoms with Crippen molar-refractivity contribution in [1.82, 2.24) is 14.5 Å². The number of hydrogen-bond donors (Lipinski definition) is 4. The number of rotatable bonds is 4. The summed E-state index contributed by atoms with van der Waals surface area (Å²) in [7, 11) is -1.02. The Balaban J connectivity index is 1.26. The Morgan fingerprint density at radius 3 is 2.62 bits per heavy atom. The molecule has 5 heterocycles. The Kier molecular flexibility index (Phi) is 5.91. The molecule has 10 nitrogen and oxygen atoms in total. The van der Waals surface area contributed by atoms with Gasteiger partial charge in [0, 0.05) is 30.2 Å². The van der Waals surface area contributed by atoms with Gasteiger partial charge in [0.1, 0.15) is 5.02 Å². The van der Waals surface area contributed by atoms with Crippen LogP contribution in [0.15, 0.2) is 29.2 Å². The number of ether oxygens (including phenoxy) is 1. The fraction of sp³-hybridized carbons (Fsp3) is 0.500. The Labute approximate surface area is 235 Å². The summed E-state index contributed by atoms with van der Waals surface area (Å²) in [5, 5.41) is 7.04. The van der Waals surface area contributed by atoms with E-state index in [0.29, 0.717) is 52.7 Å². The van der Waals surface area contributed by atoms with Crippen molar-refractivity contribution < 1.29 is 22.6 Å². The van der Waals surface area contributed by atoms with Gasteiger partial charge in [0.2, 0.25) is 11.7 Å². The van der Waals surface area contributed by atoms with Crippen molar-refractivity contribution in [2.45, 2.75) is 49.7 Å². The first-order chi connectivity index (χ1) is 19.0. The third-order valence-corrected chi connectivity index (χ3v) is 10.5. The molecule has 3 aromatic rings. The molecular weight excluding hydrogens is 566 g/mol. The molecule has 2 bridgehead atoms. The Bertz CT molecular complexity index is 1570.